The Labute approximate surface area is 416 Å². The van der Waals surface area contributed by atoms with Gasteiger partial charge in [0.25, 0.3) is 0 Å². The molecule has 0 aromatic rings. The molecule has 1 aliphatic rings. The number of carbonyl (C=O) groups is 2. The predicted octanol–water partition coefficient (Wildman–Crippen LogP) is 16.8. The second-order valence-electron chi connectivity index (χ2n) is 21.1. The summed E-state index contributed by atoms with van der Waals surface area (Å²) in [7, 11) is 0. The molecule has 0 aromatic carbocycles. The molecule has 0 radical (unpaired) electrons. The number of amides is 2. The van der Waals surface area contributed by atoms with Crippen molar-refractivity contribution in [3.05, 3.63) is 12.0 Å². The number of aliphatic hydroxyl groups is 2. The van der Waals surface area contributed by atoms with Crippen molar-refractivity contribution in [1.29, 1.82) is 0 Å². The minimum Gasteiger partial charge on any atom is -0.471 e. The quantitative estimate of drug-likeness (QED) is 0.0306. The summed E-state index contributed by atoms with van der Waals surface area (Å²) in [6.45, 7) is 7.05. The normalized spacial score (nSPS) is 15.2. The Hall–Kier alpha value is -1.80. The SMILES string of the molecule is CCCCCCCCCCCCCCCCCC(=O)NCC(NC(=O)CCCCCCCCCCCCCCCCC)C1(CCCCCCCCCCCCCCCCC)NC(C(O)O)=CO1. The fourth-order valence-corrected chi connectivity index (χ4v) is 10.0. The highest BCUT2D eigenvalue weighted by Crippen LogP contribution is 2.30. The second kappa shape index (κ2) is 47.9. The van der Waals surface area contributed by atoms with Gasteiger partial charge in [-0.25, -0.2) is 0 Å². The maximum absolute atomic E-state index is 13.6. The summed E-state index contributed by atoms with van der Waals surface area (Å²) in [5, 5.41) is 29.9. The van der Waals surface area contributed by atoms with Crippen molar-refractivity contribution < 1.29 is 24.5 Å². The predicted molar refractivity (Wildman–Crippen MR) is 287 cm³/mol. The van der Waals surface area contributed by atoms with Crippen LogP contribution in [0.4, 0.5) is 0 Å². The first-order valence-corrected chi connectivity index (χ1v) is 30.0. The molecule has 0 aliphatic carbocycles. The van der Waals surface area contributed by atoms with Gasteiger partial charge in [0.05, 0.1) is 0 Å². The van der Waals surface area contributed by atoms with Crippen LogP contribution in [0.2, 0.25) is 0 Å². The van der Waals surface area contributed by atoms with Crippen LogP contribution in [-0.2, 0) is 14.3 Å². The van der Waals surface area contributed by atoms with Crippen LogP contribution in [0, 0.1) is 0 Å². The molecule has 2 amide bonds. The first-order valence-electron chi connectivity index (χ1n) is 30.0. The molecule has 67 heavy (non-hydrogen) atoms. The molecule has 396 valence electrons. The van der Waals surface area contributed by atoms with E-state index in [1.165, 1.54) is 244 Å². The average Bonchev–Trinajstić information content (AvgIpc) is 3.77. The molecule has 1 heterocycles. The molecule has 0 saturated heterocycles. The number of hydrogen-bond donors (Lipinski definition) is 5. The average molecular weight is 947 g/mol. The van der Waals surface area contributed by atoms with Crippen LogP contribution in [0.1, 0.15) is 329 Å². The summed E-state index contributed by atoms with van der Waals surface area (Å²) < 4.78 is 6.29. The van der Waals surface area contributed by atoms with E-state index in [2.05, 4.69) is 36.7 Å². The van der Waals surface area contributed by atoms with E-state index < -0.39 is 18.1 Å². The van der Waals surface area contributed by atoms with Gasteiger partial charge in [-0.1, -0.05) is 290 Å². The van der Waals surface area contributed by atoms with E-state index in [-0.39, 0.29) is 24.1 Å². The standard InChI is InChI=1S/C59H115N3O5/c1-4-7-10-13-16-19-22-25-28-31-34-37-40-43-46-49-56(63)60-52-55(61-57(64)50-47-44-41-38-35-32-29-26-23-20-17-14-11-8-5-2)59(62-54(53-67-59)58(65)66)51-48-45-42-39-36-33-30-27-24-21-18-15-12-9-6-3/h53,55,58,62,65-66H,4-52H2,1-3H3,(H,60,63)(H,61,64). The van der Waals surface area contributed by atoms with E-state index in [1.54, 1.807) is 0 Å². The van der Waals surface area contributed by atoms with Crippen LogP contribution in [0.3, 0.4) is 0 Å². The van der Waals surface area contributed by atoms with E-state index in [9.17, 15) is 19.8 Å². The fraction of sp³-hybridized carbons (Fsp3) is 0.932. The second-order valence-corrected chi connectivity index (χ2v) is 21.1. The Balaban J connectivity index is 2.56. The van der Waals surface area contributed by atoms with Gasteiger partial charge in [-0.05, 0) is 19.3 Å². The molecule has 0 saturated carbocycles. The molecular weight excluding hydrogens is 831 g/mol. The van der Waals surface area contributed by atoms with Gasteiger partial charge < -0.3 is 30.9 Å². The van der Waals surface area contributed by atoms with Crippen molar-refractivity contribution in [2.75, 3.05) is 6.54 Å². The topological polar surface area (TPSA) is 120 Å². The number of carbonyl (C=O) groups excluding carboxylic acids is 2. The van der Waals surface area contributed by atoms with Gasteiger partial charge in [-0.15, -0.1) is 0 Å². The number of hydrogen-bond acceptors (Lipinski definition) is 6. The van der Waals surface area contributed by atoms with Gasteiger partial charge in [-0.3, -0.25) is 9.59 Å². The summed E-state index contributed by atoms with van der Waals surface area (Å²) in [5.41, 5.74) is -0.880. The number of nitrogens with one attached hydrogen (secondary N) is 3. The van der Waals surface area contributed by atoms with Crippen molar-refractivity contribution in [3.8, 4) is 0 Å². The highest BCUT2D eigenvalue weighted by atomic mass is 16.5. The van der Waals surface area contributed by atoms with Crippen LogP contribution >= 0.6 is 0 Å². The molecule has 8 heteroatoms. The third kappa shape index (κ3) is 38.6. The van der Waals surface area contributed by atoms with Gasteiger partial charge in [0.15, 0.2) is 6.29 Å². The van der Waals surface area contributed by atoms with E-state index in [0.717, 1.165) is 51.4 Å². The van der Waals surface area contributed by atoms with E-state index in [1.807, 2.05) is 0 Å². The molecule has 0 bridgehead atoms. The molecule has 1 aliphatic heterocycles. The molecule has 2 atom stereocenters. The van der Waals surface area contributed by atoms with Crippen LogP contribution in [-0.4, -0.2) is 46.6 Å². The minimum atomic E-state index is -1.71. The van der Waals surface area contributed by atoms with Crippen LogP contribution in [0.15, 0.2) is 12.0 Å². The first kappa shape index (κ1) is 63.2. The Morgan fingerprint density at radius 3 is 1.03 bits per heavy atom. The van der Waals surface area contributed by atoms with Crippen LogP contribution in [0.25, 0.3) is 0 Å². The van der Waals surface area contributed by atoms with Crippen molar-refractivity contribution in [2.24, 2.45) is 0 Å². The summed E-state index contributed by atoms with van der Waals surface area (Å²) >= 11 is 0. The lowest BCUT2D eigenvalue weighted by Gasteiger charge is -2.38. The zero-order valence-electron chi connectivity index (χ0n) is 45.0. The fourth-order valence-electron chi connectivity index (χ4n) is 10.0. The smallest absolute Gasteiger partial charge is 0.220 e. The van der Waals surface area contributed by atoms with Crippen LogP contribution in [0.5, 0.6) is 0 Å². The zero-order chi connectivity index (χ0) is 48.6. The van der Waals surface area contributed by atoms with Gasteiger partial charge in [0.2, 0.25) is 17.5 Å². The summed E-state index contributed by atoms with van der Waals surface area (Å²) in [4.78, 5) is 26.8. The summed E-state index contributed by atoms with van der Waals surface area (Å²) in [5.74, 6) is -0.0533. The number of aliphatic hydroxyl groups excluding tert-OH is 1. The van der Waals surface area contributed by atoms with Crippen molar-refractivity contribution in [2.45, 2.75) is 347 Å². The molecule has 0 fully saturated rings. The number of ether oxygens (including phenoxy) is 1. The number of unbranched alkanes of at least 4 members (excludes halogenated alkanes) is 42. The summed E-state index contributed by atoms with van der Waals surface area (Å²) in [6.07, 6.45) is 58.9. The Bertz CT molecular complexity index is 1120. The molecular formula is C59H115N3O5. The minimum absolute atomic E-state index is 0.00755. The Morgan fingerprint density at radius 2 is 0.731 bits per heavy atom. The monoisotopic (exact) mass is 946 g/mol. The largest absolute Gasteiger partial charge is 0.471 e. The van der Waals surface area contributed by atoms with Crippen molar-refractivity contribution in [1.82, 2.24) is 16.0 Å². The molecule has 0 spiro atoms. The van der Waals surface area contributed by atoms with Crippen molar-refractivity contribution >= 4 is 11.8 Å². The first-order chi connectivity index (χ1) is 32.9. The molecule has 1 rings (SSSR count). The van der Waals surface area contributed by atoms with E-state index in [4.69, 9.17) is 4.74 Å². The lowest BCUT2D eigenvalue weighted by molar-refractivity contribution is -0.127. The maximum Gasteiger partial charge on any atom is 0.220 e. The van der Waals surface area contributed by atoms with E-state index in [0.29, 0.717) is 19.3 Å². The Morgan fingerprint density at radius 1 is 0.448 bits per heavy atom. The van der Waals surface area contributed by atoms with Crippen LogP contribution < -0.4 is 16.0 Å². The third-order valence-corrected chi connectivity index (χ3v) is 14.6. The molecule has 2 unspecified atom stereocenters. The molecule has 5 N–H and O–H groups in total. The van der Waals surface area contributed by atoms with Gasteiger partial charge in [0, 0.05) is 25.8 Å². The van der Waals surface area contributed by atoms with Gasteiger partial charge >= 0.3 is 0 Å². The van der Waals surface area contributed by atoms with E-state index >= 15 is 0 Å². The lowest BCUT2D eigenvalue weighted by atomic mass is 9.94. The molecule has 8 nitrogen and oxygen atoms in total. The van der Waals surface area contributed by atoms with Gasteiger partial charge in [-0.2, -0.15) is 0 Å². The third-order valence-electron chi connectivity index (χ3n) is 14.6. The highest BCUT2D eigenvalue weighted by Gasteiger charge is 2.45. The molecule has 0 aromatic heterocycles. The lowest BCUT2D eigenvalue weighted by Crippen LogP contribution is -2.63. The Kier molecular flexibility index (Phi) is 45.2. The van der Waals surface area contributed by atoms with Gasteiger partial charge in [0.1, 0.15) is 18.0 Å². The summed E-state index contributed by atoms with van der Waals surface area (Å²) in [6, 6.07) is -0.569. The zero-order valence-corrected chi connectivity index (χ0v) is 45.0. The van der Waals surface area contributed by atoms with Crippen molar-refractivity contribution in [3.63, 3.8) is 0 Å². The number of rotatable bonds is 53. The maximum atomic E-state index is 13.6. The highest BCUT2D eigenvalue weighted by molar-refractivity contribution is 5.77.